The Morgan fingerprint density at radius 1 is 1.03 bits per heavy atom. The Hall–Kier alpha value is -4.73. The number of H-pyrrole nitrogens is 1. The van der Waals surface area contributed by atoms with Crippen LogP contribution >= 0.6 is 0 Å². The monoisotopic (exact) mass is 456 g/mol. The van der Waals surface area contributed by atoms with Gasteiger partial charge in [0, 0.05) is 30.1 Å². The molecular formula is C24H20N6O4. The number of nitrogens with one attached hydrogen (secondary N) is 4. The smallest absolute Gasteiger partial charge is 0.322 e. The minimum Gasteiger partial charge on any atom is -0.322 e. The van der Waals surface area contributed by atoms with Crippen molar-refractivity contribution in [2.24, 2.45) is 7.05 Å². The minimum atomic E-state index is -1.16. The van der Waals surface area contributed by atoms with Crippen LogP contribution in [0.2, 0.25) is 0 Å². The van der Waals surface area contributed by atoms with Gasteiger partial charge in [0.15, 0.2) is 5.65 Å². The lowest BCUT2D eigenvalue weighted by Crippen LogP contribution is -2.40. The number of nitrogens with zero attached hydrogens (tertiary/aromatic N) is 2. The first kappa shape index (κ1) is 21.1. The van der Waals surface area contributed by atoms with Gasteiger partial charge in [0.25, 0.3) is 11.8 Å². The van der Waals surface area contributed by atoms with E-state index in [-0.39, 0.29) is 11.6 Å². The summed E-state index contributed by atoms with van der Waals surface area (Å²) >= 11 is 0. The molecule has 170 valence electrons. The van der Waals surface area contributed by atoms with Crippen LogP contribution in [0.15, 0.2) is 65.6 Å². The molecule has 10 nitrogen and oxygen atoms in total. The highest BCUT2D eigenvalue weighted by Crippen LogP contribution is 2.26. The lowest BCUT2D eigenvalue weighted by Gasteiger charge is -2.21. The number of hydrogen-bond donors (Lipinski definition) is 4. The number of carbonyl (C=O) groups is 3. The van der Waals surface area contributed by atoms with Crippen LogP contribution in [0.5, 0.6) is 0 Å². The Morgan fingerprint density at radius 3 is 2.50 bits per heavy atom. The van der Waals surface area contributed by atoms with E-state index in [0.29, 0.717) is 28.0 Å². The van der Waals surface area contributed by atoms with Gasteiger partial charge in [-0.2, -0.15) is 0 Å². The number of aromatic amines is 1. The zero-order chi connectivity index (χ0) is 24.0. The van der Waals surface area contributed by atoms with Crippen LogP contribution in [0.3, 0.4) is 0 Å². The van der Waals surface area contributed by atoms with Crippen molar-refractivity contribution in [3.63, 3.8) is 0 Å². The van der Waals surface area contributed by atoms with Gasteiger partial charge < -0.3 is 10.6 Å². The topological polar surface area (TPSA) is 138 Å². The molecule has 4 amide bonds. The fourth-order valence-electron chi connectivity index (χ4n) is 3.93. The van der Waals surface area contributed by atoms with E-state index >= 15 is 0 Å². The van der Waals surface area contributed by atoms with Crippen molar-refractivity contribution >= 4 is 34.7 Å². The second-order valence-electron chi connectivity index (χ2n) is 8.23. The highest BCUT2D eigenvalue weighted by Gasteiger charge is 2.43. The summed E-state index contributed by atoms with van der Waals surface area (Å²) in [5, 5.41) is 7.67. The van der Waals surface area contributed by atoms with Crippen LogP contribution in [-0.2, 0) is 17.4 Å². The Labute approximate surface area is 193 Å². The summed E-state index contributed by atoms with van der Waals surface area (Å²) in [7, 11) is 1.66. The summed E-state index contributed by atoms with van der Waals surface area (Å²) in [6.07, 6.45) is 1.65. The third-order valence-electron chi connectivity index (χ3n) is 5.98. The maximum atomic E-state index is 12.9. The molecule has 34 heavy (non-hydrogen) atoms. The maximum Gasteiger partial charge on any atom is 0.327 e. The largest absolute Gasteiger partial charge is 0.327 e. The van der Waals surface area contributed by atoms with E-state index in [1.165, 1.54) is 4.57 Å². The number of benzene rings is 2. The van der Waals surface area contributed by atoms with Crippen molar-refractivity contribution in [1.29, 1.82) is 0 Å². The zero-order valence-electron chi connectivity index (χ0n) is 18.3. The number of hydrogen-bond acceptors (Lipinski definition) is 5. The van der Waals surface area contributed by atoms with Crippen molar-refractivity contribution in [1.82, 2.24) is 25.2 Å². The van der Waals surface area contributed by atoms with Crippen LogP contribution in [0.1, 0.15) is 22.8 Å². The van der Waals surface area contributed by atoms with Gasteiger partial charge in [-0.05, 0) is 48.4 Å². The average molecular weight is 456 g/mol. The van der Waals surface area contributed by atoms with E-state index in [1.807, 2.05) is 12.1 Å². The second-order valence-corrected chi connectivity index (χ2v) is 8.23. The molecule has 3 heterocycles. The van der Waals surface area contributed by atoms with Gasteiger partial charge in [-0.25, -0.2) is 14.6 Å². The molecule has 5 rings (SSSR count). The molecule has 4 aromatic rings. The number of rotatable bonds is 4. The van der Waals surface area contributed by atoms with E-state index in [0.717, 1.165) is 11.1 Å². The van der Waals surface area contributed by atoms with Gasteiger partial charge in [-0.15, -0.1) is 0 Å². The summed E-state index contributed by atoms with van der Waals surface area (Å²) in [6, 6.07) is 15.1. The molecule has 0 bridgehead atoms. The number of pyridine rings is 1. The third kappa shape index (κ3) is 3.51. The normalized spacial score (nSPS) is 17.5. The molecule has 0 radical (unpaired) electrons. The number of amides is 4. The quantitative estimate of drug-likeness (QED) is 0.349. The molecule has 2 aromatic carbocycles. The van der Waals surface area contributed by atoms with E-state index < -0.39 is 17.5 Å². The van der Waals surface area contributed by atoms with Crippen LogP contribution in [0.25, 0.3) is 22.3 Å². The first-order valence-electron chi connectivity index (χ1n) is 10.5. The molecule has 0 spiro atoms. The van der Waals surface area contributed by atoms with E-state index in [4.69, 9.17) is 0 Å². The van der Waals surface area contributed by atoms with E-state index in [2.05, 4.69) is 25.9 Å². The van der Waals surface area contributed by atoms with Gasteiger partial charge in [0.1, 0.15) is 5.54 Å². The highest BCUT2D eigenvalue weighted by molar-refractivity contribution is 6.07. The number of imide groups is 1. The first-order chi connectivity index (χ1) is 16.2. The molecule has 2 aromatic heterocycles. The fraction of sp³-hybridized carbons (Fsp3) is 0.125. The molecule has 1 aliphatic heterocycles. The lowest BCUT2D eigenvalue weighted by molar-refractivity contribution is -0.123. The van der Waals surface area contributed by atoms with Crippen LogP contribution in [0.4, 0.5) is 10.5 Å². The minimum absolute atomic E-state index is 0.247. The molecule has 0 aliphatic carbocycles. The summed E-state index contributed by atoms with van der Waals surface area (Å²) in [5.74, 6) is -0.741. The summed E-state index contributed by atoms with van der Waals surface area (Å²) in [5.41, 5.74) is 2.88. The van der Waals surface area contributed by atoms with Crippen molar-refractivity contribution < 1.29 is 14.4 Å². The van der Waals surface area contributed by atoms with Crippen LogP contribution in [0, 0.1) is 0 Å². The van der Waals surface area contributed by atoms with Gasteiger partial charge in [-0.3, -0.25) is 24.5 Å². The fourth-order valence-corrected chi connectivity index (χ4v) is 3.93. The number of urea groups is 1. The number of carbonyl (C=O) groups excluding carboxylic acids is 3. The third-order valence-corrected chi connectivity index (χ3v) is 5.98. The zero-order valence-corrected chi connectivity index (χ0v) is 18.3. The van der Waals surface area contributed by atoms with E-state index in [1.54, 1.807) is 62.6 Å². The van der Waals surface area contributed by atoms with Crippen molar-refractivity contribution in [3.05, 3.63) is 82.4 Å². The van der Waals surface area contributed by atoms with Crippen LogP contribution < -0.4 is 21.6 Å². The predicted octanol–water partition coefficient (Wildman–Crippen LogP) is 2.24. The summed E-state index contributed by atoms with van der Waals surface area (Å²) in [6.45, 7) is 1.61. The standard InChI is InChI=1S/C24H20N6O4/c1-24(21(32)28-22(33)29-24)16-6-8-17(9-7-16)26-20(31)14-5-3-4-13(10-14)15-11-18-19(25-12-15)27-23(34)30(18)2/h3-12H,1-2H3,(H,26,31)(H,25,27,34)(H2,28,29,32,33). The second kappa shape index (κ2) is 7.69. The molecule has 1 aliphatic rings. The number of aryl methyl sites for hydroxylation is 1. The lowest BCUT2D eigenvalue weighted by atomic mass is 9.92. The molecule has 0 saturated carbocycles. The Balaban J connectivity index is 1.36. The van der Waals surface area contributed by atoms with Gasteiger partial charge in [-0.1, -0.05) is 24.3 Å². The van der Waals surface area contributed by atoms with Crippen LogP contribution in [-0.4, -0.2) is 32.4 Å². The number of fused-ring (bicyclic) bond motifs is 1. The molecule has 4 N–H and O–H groups in total. The highest BCUT2D eigenvalue weighted by atomic mass is 16.2. The maximum absolute atomic E-state index is 12.9. The average Bonchev–Trinajstić information content (AvgIpc) is 3.27. The van der Waals surface area contributed by atoms with Crippen molar-refractivity contribution in [3.8, 4) is 11.1 Å². The molecule has 1 saturated heterocycles. The number of anilines is 1. The Kier molecular flexibility index (Phi) is 4.78. The van der Waals surface area contributed by atoms with Gasteiger partial charge in [0.05, 0.1) is 5.52 Å². The predicted molar refractivity (Wildman–Crippen MR) is 125 cm³/mol. The number of aromatic nitrogens is 3. The first-order valence-corrected chi connectivity index (χ1v) is 10.5. The summed E-state index contributed by atoms with van der Waals surface area (Å²) in [4.78, 5) is 55.3. The van der Waals surface area contributed by atoms with Gasteiger partial charge >= 0.3 is 11.7 Å². The SMILES string of the molecule is Cn1c(=O)[nH]c2ncc(-c3cccc(C(=O)Nc4ccc(C5(C)NC(=O)NC5=O)cc4)c3)cc21. The Morgan fingerprint density at radius 2 is 1.79 bits per heavy atom. The van der Waals surface area contributed by atoms with Gasteiger partial charge in [0.2, 0.25) is 0 Å². The molecule has 10 heteroatoms. The summed E-state index contributed by atoms with van der Waals surface area (Å²) < 4.78 is 1.48. The number of imidazole rings is 1. The molecule has 1 unspecified atom stereocenters. The molecule has 1 fully saturated rings. The van der Waals surface area contributed by atoms with Crippen molar-refractivity contribution in [2.75, 3.05) is 5.32 Å². The van der Waals surface area contributed by atoms with Crippen molar-refractivity contribution in [2.45, 2.75) is 12.5 Å². The Bertz CT molecular complexity index is 1540. The molecular weight excluding hydrogens is 436 g/mol. The molecule has 1 atom stereocenters. The van der Waals surface area contributed by atoms with E-state index in [9.17, 15) is 19.2 Å².